The van der Waals surface area contributed by atoms with Crippen LogP contribution < -0.4 is 10.5 Å². The van der Waals surface area contributed by atoms with Crippen LogP contribution in [0.25, 0.3) is 0 Å². The van der Waals surface area contributed by atoms with Gasteiger partial charge in [-0.05, 0) is 34.1 Å². The molecule has 2 aromatic rings. The molecule has 0 aliphatic rings. The molecule has 0 bridgehead atoms. The Balaban J connectivity index is 2.38. The normalized spacial score (nSPS) is 10.4. The number of ether oxygens (including phenoxy) is 1. The zero-order valence-electron chi connectivity index (χ0n) is 9.16. The van der Waals surface area contributed by atoms with Crippen LogP contribution >= 0.6 is 15.9 Å². The molecule has 0 aliphatic carbocycles. The Labute approximate surface area is 111 Å². The molecule has 2 N–H and O–H groups in total. The number of hydrogen-bond donors (Lipinski definition) is 1. The Morgan fingerprint density at radius 3 is 2.72 bits per heavy atom. The number of nitrogens with two attached hydrogens (primary N) is 1. The Hall–Kier alpha value is -1.53. The van der Waals surface area contributed by atoms with Crippen molar-refractivity contribution in [2.75, 3.05) is 0 Å². The van der Waals surface area contributed by atoms with Gasteiger partial charge in [-0.3, -0.25) is 4.98 Å². The zero-order valence-corrected chi connectivity index (χ0v) is 10.7. The van der Waals surface area contributed by atoms with Crippen molar-refractivity contribution in [3.63, 3.8) is 0 Å². The lowest BCUT2D eigenvalue weighted by molar-refractivity contribution is 0.429. The highest BCUT2D eigenvalue weighted by Gasteiger charge is 2.10. The number of hydrogen-bond acceptors (Lipinski definition) is 3. The van der Waals surface area contributed by atoms with Crippen molar-refractivity contribution in [1.82, 2.24) is 4.98 Å². The Bertz CT molecular complexity index is 578. The second-order valence-corrected chi connectivity index (χ2v) is 4.39. The molecule has 6 heteroatoms. The van der Waals surface area contributed by atoms with Gasteiger partial charge in [0.15, 0.2) is 17.3 Å². The molecule has 0 amide bonds. The molecule has 18 heavy (non-hydrogen) atoms. The number of rotatable bonds is 3. The van der Waals surface area contributed by atoms with E-state index < -0.39 is 11.6 Å². The maximum Gasteiger partial charge on any atom is 0.166 e. The summed E-state index contributed by atoms with van der Waals surface area (Å²) < 4.78 is 32.4. The minimum Gasteiger partial charge on any atom is -0.452 e. The van der Waals surface area contributed by atoms with Gasteiger partial charge in [0, 0.05) is 23.3 Å². The van der Waals surface area contributed by atoms with Crippen LogP contribution in [0, 0.1) is 11.6 Å². The lowest BCUT2D eigenvalue weighted by atomic mass is 10.3. The van der Waals surface area contributed by atoms with Crippen molar-refractivity contribution < 1.29 is 13.5 Å². The average Bonchev–Trinajstić information content (AvgIpc) is 2.34. The summed E-state index contributed by atoms with van der Waals surface area (Å²) in [6.45, 7) is 0.138. The van der Waals surface area contributed by atoms with Gasteiger partial charge in [0.2, 0.25) is 0 Å². The van der Waals surface area contributed by atoms with Crippen LogP contribution in [-0.2, 0) is 6.54 Å². The summed E-state index contributed by atoms with van der Waals surface area (Å²) in [4.78, 5) is 4.03. The van der Waals surface area contributed by atoms with E-state index in [0.717, 1.165) is 18.2 Å². The maximum absolute atomic E-state index is 13.4. The lowest BCUT2D eigenvalue weighted by Gasteiger charge is -2.10. The molecule has 1 heterocycles. The Kier molecular flexibility index (Phi) is 3.88. The van der Waals surface area contributed by atoms with E-state index in [1.165, 1.54) is 0 Å². The number of aromatic nitrogens is 1. The minimum atomic E-state index is -0.653. The summed E-state index contributed by atoms with van der Waals surface area (Å²) in [5.41, 5.74) is 5.96. The van der Waals surface area contributed by atoms with Gasteiger partial charge in [0.05, 0.1) is 5.69 Å². The third-order valence-corrected chi connectivity index (χ3v) is 2.64. The van der Waals surface area contributed by atoms with Crippen molar-refractivity contribution in [2.24, 2.45) is 5.73 Å². The summed E-state index contributed by atoms with van der Waals surface area (Å²) in [6, 6.07) is 4.58. The van der Waals surface area contributed by atoms with Crippen molar-refractivity contribution >= 4 is 15.9 Å². The molecule has 1 aromatic carbocycles. The van der Waals surface area contributed by atoms with Gasteiger partial charge in [-0.25, -0.2) is 8.78 Å². The molecule has 0 spiro atoms. The molecule has 3 nitrogen and oxygen atoms in total. The smallest absolute Gasteiger partial charge is 0.166 e. The third-order valence-electron chi connectivity index (χ3n) is 2.20. The lowest BCUT2D eigenvalue weighted by Crippen LogP contribution is -2.03. The minimum absolute atomic E-state index is 0.138. The summed E-state index contributed by atoms with van der Waals surface area (Å²) in [6.07, 6.45) is 1.55. The maximum atomic E-state index is 13.4. The molecule has 0 radical (unpaired) electrons. The molecule has 0 saturated carbocycles. The van der Waals surface area contributed by atoms with Crippen LogP contribution in [0.4, 0.5) is 8.78 Å². The van der Waals surface area contributed by atoms with E-state index in [0.29, 0.717) is 10.2 Å². The van der Waals surface area contributed by atoms with Gasteiger partial charge in [-0.1, -0.05) is 0 Å². The molecule has 0 saturated heterocycles. The third kappa shape index (κ3) is 2.83. The van der Waals surface area contributed by atoms with Gasteiger partial charge in [-0.15, -0.1) is 0 Å². The van der Waals surface area contributed by atoms with E-state index >= 15 is 0 Å². The fourth-order valence-corrected chi connectivity index (χ4v) is 1.67. The topological polar surface area (TPSA) is 48.1 Å². The van der Waals surface area contributed by atoms with E-state index in [2.05, 4.69) is 20.9 Å². The molecule has 2 rings (SSSR count). The van der Waals surface area contributed by atoms with E-state index in [9.17, 15) is 8.78 Å². The van der Waals surface area contributed by atoms with Crippen molar-refractivity contribution in [2.45, 2.75) is 6.54 Å². The summed E-state index contributed by atoms with van der Waals surface area (Å²) in [5, 5.41) is 0. The van der Waals surface area contributed by atoms with Crippen molar-refractivity contribution in [3.05, 3.63) is 52.3 Å². The number of nitrogens with zero attached hydrogens (tertiary/aromatic N) is 1. The van der Waals surface area contributed by atoms with Gasteiger partial charge in [-0.2, -0.15) is 0 Å². The second-order valence-electron chi connectivity index (χ2n) is 3.48. The molecular weight excluding hydrogens is 306 g/mol. The van der Waals surface area contributed by atoms with Crippen molar-refractivity contribution in [3.8, 4) is 11.5 Å². The van der Waals surface area contributed by atoms with Crippen LogP contribution in [0.3, 0.4) is 0 Å². The fourth-order valence-electron chi connectivity index (χ4n) is 1.36. The first-order valence-electron chi connectivity index (χ1n) is 5.07. The number of halogens is 3. The Morgan fingerprint density at radius 2 is 2.00 bits per heavy atom. The monoisotopic (exact) mass is 314 g/mol. The predicted octanol–water partition coefficient (Wildman–Crippen LogP) is 3.37. The summed E-state index contributed by atoms with van der Waals surface area (Å²) >= 11 is 3.22. The Morgan fingerprint density at radius 1 is 1.22 bits per heavy atom. The first-order chi connectivity index (χ1) is 8.60. The van der Waals surface area contributed by atoms with E-state index in [1.807, 2.05) is 0 Å². The standard InChI is InChI=1S/C12H9BrF2N2O/c13-7-3-12(10(5-16)17-6-7)18-11-4-8(14)1-2-9(11)15/h1-4,6H,5,16H2. The van der Waals surface area contributed by atoms with Crippen LogP contribution in [0.1, 0.15) is 5.69 Å². The quantitative estimate of drug-likeness (QED) is 0.945. The first kappa shape index (κ1) is 12.9. The first-order valence-corrected chi connectivity index (χ1v) is 5.87. The highest BCUT2D eigenvalue weighted by molar-refractivity contribution is 9.10. The number of benzene rings is 1. The zero-order chi connectivity index (χ0) is 13.1. The predicted molar refractivity (Wildman–Crippen MR) is 66.3 cm³/mol. The second kappa shape index (κ2) is 5.41. The van der Waals surface area contributed by atoms with Crippen LogP contribution in [0.15, 0.2) is 34.9 Å². The fraction of sp³-hybridized carbons (Fsp3) is 0.0833. The molecular formula is C12H9BrF2N2O. The van der Waals surface area contributed by atoms with E-state index in [1.54, 1.807) is 12.3 Å². The average molecular weight is 315 g/mol. The van der Waals surface area contributed by atoms with E-state index in [-0.39, 0.29) is 18.0 Å². The van der Waals surface area contributed by atoms with Crippen LogP contribution in [0.2, 0.25) is 0 Å². The molecule has 94 valence electrons. The summed E-state index contributed by atoms with van der Waals surface area (Å²) in [7, 11) is 0. The number of pyridine rings is 1. The molecule has 0 fully saturated rings. The van der Waals surface area contributed by atoms with Crippen LogP contribution in [-0.4, -0.2) is 4.98 Å². The van der Waals surface area contributed by atoms with Crippen molar-refractivity contribution in [1.29, 1.82) is 0 Å². The molecule has 0 aliphatic heterocycles. The van der Waals surface area contributed by atoms with Gasteiger partial charge < -0.3 is 10.5 Å². The van der Waals surface area contributed by atoms with Crippen LogP contribution in [0.5, 0.6) is 11.5 Å². The van der Waals surface area contributed by atoms with Gasteiger partial charge >= 0.3 is 0 Å². The SMILES string of the molecule is NCc1ncc(Br)cc1Oc1cc(F)ccc1F. The molecule has 0 unspecified atom stereocenters. The highest BCUT2D eigenvalue weighted by atomic mass is 79.9. The van der Waals surface area contributed by atoms with E-state index in [4.69, 9.17) is 10.5 Å². The van der Waals surface area contributed by atoms with Gasteiger partial charge in [0.25, 0.3) is 0 Å². The summed E-state index contributed by atoms with van der Waals surface area (Å²) in [5.74, 6) is -1.15. The van der Waals surface area contributed by atoms with Gasteiger partial charge in [0.1, 0.15) is 5.82 Å². The highest BCUT2D eigenvalue weighted by Crippen LogP contribution is 2.29. The largest absolute Gasteiger partial charge is 0.452 e. The molecule has 1 aromatic heterocycles. The molecule has 0 atom stereocenters.